The molecule has 2 aromatic carbocycles. The monoisotopic (exact) mass is 369 g/mol. The van der Waals surface area contributed by atoms with Gasteiger partial charge in [0.05, 0.1) is 0 Å². The molecule has 0 unspecified atom stereocenters. The number of carbonyl (C=O) groups excluding carboxylic acids is 2. The first kappa shape index (κ1) is 20.6. The quantitative estimate of drug-likeness (QED) is 0.579. The molecule has 0 heterocycles. The van der Waals surface area contributed by atoms with E-state index in [1.807, 2.05) is 42.5 Å². The zero-order valence-electron chi connectivity index (χ0n) is 15.5. The highest BCUT2D eigenvalue weighted by Gasteiger charge is 2.22. The summed E-state index contributed by atoms with van der Waals surface area (Å²) < 4.78 is 5.24. The summed E-state index contributed by atoms with van der Waals surface area (Å²) in [5.41, 5.74) is 3.64. The van der Waals surface area contributed by atoms with E-state index in [1.165, 1.54) is 11.1 Å². The van der Waals surface area contributed by atoms with Crippen molar-refractivity contribution in [2.45, 2.75) is 44.8 Å². The Bertz CT molecular complexity index is 677. The van der Waals surface area contributed by atoms with E-state index in [-0.39, 0.29) is 18.7 Å². The molecule has 2 aromatic rings. The number of ether oxygens (including phenoxy) is 1. The van der Waals surface area contributed by atoms with Crippen LogP contribution in [0.2, 0.25) is 0 Å². The Labute approximate surface area is 160 Å². The number of hydrogen-bond donors (Lipinski definition) is 2. The predicted octanol–water partition coefficient (Wildman–Crippen LogP) is 3.43. The Kier molecular flexibility index (Phi) is 9.07. The minimum atomic E-state index is -0.341. The Morgan fingerprint density at radius 2 is 1.67 bits per heavy atom. The second-order valence-corrected chi connectivity index (χ2v) is 6.47. The zero-order chi connectivity index (χ0) is 19.3. The van der Waals surface area contributed by atoms with Crippen molar-refractivity contribution in [1.82, 2.24) is 5.32 Å². The largest absolute Gasteiger partial charge is 0.445 e. The van der Waals surface area contributed by atoms with Gasteiger partial charge in [-0.1, -0.05) is 54.6 Å². The third kappa shape index (κ3) is 7.62. The molecule has 1 aliphatic carbocycles. The molecule has 0 bridgehead atoms. The molecule has 0 fully saturated rings. The van der Waals surface area contributed by atoms with E-state index in [0.717, 1.165) is 37.5 Å². The minimum absolute atomic E-state index is 0.149. The van der Waals surface area contributed by atoms with E-state index in [4.69, 9.17) is 9.84 Å². The number of carbonyl (C=O) groups is 2. The number of aldehydes is 1. The summed E-state index contributed by atoms with van der Waals surface area (Å²) in [6, 6.07) is 18.2. The molecule has 144 valence electrons. The van der Waals surface area contributed by atoms with Crippen LogP contribution in [0.4, 0.5) is 4.79 Å². The lowest BCUT2D eigenvalue weighted by Crippen LogP contribution is -2.35. The molecule has 0 aliphatic heterocycles. The molecule has 0 saturated carbocycles. The van der Waals surface area contributed by atoms with E-state index in [2.05, 4.69) is 17.4 Å². The van der Waals surface area contributed by atoms with Crippen LogP contribution in [-0.2, 0) is 29.0 Å². The van der Waals surface area contributed by atoms with Gasteiger partial charge in [0.15, 0.2) is 0 Å². The molecule has 0 radical (unpaired) electrons. The number of aliphatic hydroxyl groups is 1. The fourth-order valence-corrected chi connectivity index (χ4v) is 2.93. The SMILES string of the molecule is O=C(NC1Cc2ccccc2C1)OCc1ccccc1.O=CCCCCO. The first-order valence-electron chi connectivity index (χ1n) is 9.31. The molecular weight excluding hydrogens is 342 g/mol. The Morgan fingerprint density at radius 1 is 1.04 bits per heavy atom. The molecule has 5 nitrogen and oxygen atoms in total. The van der Waals surface area contributed by atoms with Crippen molar-refractivity contribution >= 4 is 12.4 Å². The fraction of sp³-hybridized carbons (Fsp3) is 0.364. The van der Waals surface area contributed by atoms with Gasteiger partial charge < -0.3 is 20.0 Å². The van der Waals surface area contributed by atoms with Crippen molar-refractivity contribution in [2.24, 2.45) is 0 Å². The summed E-state index contributed by atoms with van der Waals surface area (Å²) >= 11 is 0. The topological polar surface area (TPSA) is 75.6 Å². The normalized spacial score (nSPS) is 12.5. The zero-order valence-corrected chi connectivity index (χ0v) is 15.5. The summed E-state index contributed by atoms with van der Waals surface area (Å²) in [6.07, 6.45) is 4.45. The Balaban J connectivity index is 0.000000321. The fourth-order valence-electron chi connectivity index (χ4n) is 2.93. The molecule has 0 saturated heterocycles. The molecule has 3 rings (SSSR count). The van der Waals surface area contributed by atoms with Gasteiger partial charge in [0.1, 0.15) is 12.9 Å². The van der Waals surface area contributed by atoms with Crippen molar-refractivity contribution in [1.29, 1.82) is 0 Å². The van der Waals surface area contributed by atoms with Crippen molar-refractivity contribution in [3.05, 3.63) is 71.3 Å². The molecule has 5 heteroatoms. The van der Waals surface area contributed by atoms with Gasteiger partial charge in [-0.25, -0.2) is 4.79 Å². The van der Waals surface area contributed by atoms with Crippen molar-refractivity contribution in [2.75, 3.05) is 6.61 Å². The second kappa shape index (κ2) is 11.9. The molecule has 1 aliphatic rings. The third-order valence-corrected chi connectivity index (χ3v) is 4.32. The van der Waals surface area contributed by atoms with Crippen LogP contribution < -0.4 is 5.32 Å². The number of aliphatic hydroxyl groups excluding tert-OH is 1. The number of amides is 1. The van der Waals surface area contributed by atoms with Crippen LogP contribution in [0, 0.1) is 0 Å². The number of unbranched alkanes of at least 4 members (excludes halogenated alkanes) is 2. The minimum Gasteiger partial charge on any atom is -0.445 e. The van der Waals surface area contributed by atoms with Crippen LogP contribution in [-0.4, -0.2) is 30.1 Å². The van der Waals surface area contributed by atoms with Crippen LogP contribution in [0.1, 0.15) is 36.0 Å². The van der Waals surface area contributed by atoms with E-state index >= 15 is 0 Å². The van der Waals surface area contributed by atoms with Gasteiger partial charge in [-0.15, -0.1) is 0 Å². The van der Waals surface area contributed by atoms with E-state index in [1.54, 1.807) is 0 Å². The number of benzene rings is 2. The lowest BCUT2D eigenvalue weighted by atomic mass is 10.1. The van der Waals surface area contributed by atoms with Gasteiger partial charge >= 0.3 is 6.09 Å². The van der Waals surface area contributed by atoms with Crippen LogP contribution in [0.5, 0.6) is 0 Å². The van der Waals surface area contributed by atoms with Crippen LogP contribution in [0.25, 0.3) is 0 Å². The Morgan fingerprint density at radius 3 is 2.26 bits per heavy atom. The first-order chi connectivity index (χ1) is 13.2. The molecule has 27 heavy (non-hydrogen) atoms. The maximum absolute atomic E-state index is 11.8. The molecule has 1 amide bonds. The van der Waals surface area contributed by atoms with Crippen molar-refractivity contribution in [3.8, 4) is 0 Å². The van der Waals surface area contributed by atoms with Crippen molar-refractivity contribution < 1.29 is 19.4 Å². The highest BCUT2D eigenvalue weighted by atomic mass is 16.5. The number of rotatable bonds is 7. The van der Waals surface area contributed by atoms with Gasteiger partial charge in [0.2, 0.25) is 0 Å². The van der Waals surface area contributed by atoms with E-state index < -0.39 is 0 Å². The first-order valence-corrected chi connectivity index (χ1v) is 9.31. The predicted molar refractivity (Wildman–Crippen MR) is 104 cm³/mol. The molecule has 0 atom stereocenters. The summed E-state index contributed by atoms with van der Waals surface area (Å²) in [7, 11) is 0. The number of nitrogens with one attached hydrogen (secondary N) is 1. The van der Waals surface area contributed by atoms with Gasteiger partial charge in [-0.3, -0.25) is 0 Å². The lowest BCUT2D eigenvalue weighted by molar-refractivity contribution is -0.107. The molecule has 0 spiro atoms. The maximum atomic E-state index is 11.8. The van der Waals surface area contributed by atoms with E-state index in [0.29, 0.717) is 13.0 Å². The summed E-state index contributed by atoms with van der Waals surface area (Å²) in [5, 5.41) is 11.1. The highest BCUT2D eigenvalue weighted by Crippen LogP contribution is 2.21. The second-order valence-electron chi connectivity index (χ2n) is 6.47. The van der Waals surface area contributed by atoms with Crippen molar-refractivity contribution in [3.63, 3.8) is 0 Å². The lowest BCUT2D eigenvalue weighted by Gasteiger charge is -2.12. The highest BCUT2D eigenvalue weighted by molar-refractivity contribution is 5.68. The smallest absolute Gasteiger partial charge is 0.407 e. The summed E-state index contributed by atoms with van der Waals surface area (Å²) in [4.78, 5) is 21.4. The van der Waals surface area contributed by atoms with Crippen LogP contribution in [0.15, 0.2) is 54.6 Å². The molecule has 2 N–H and O–H groups in total. The van der Waals surface area contributed by atoms with Gasteiger partial charge in [-0.2, -0.15) is 0 Å². The number of fused-ring (bicyclic) bond motifs is 1. The van der Waals surface area contributed by atoms with Crippen LogP contribution >= 0.6 is 0 Å². The van der Waals surface area contributed by atoms with Gasteiger partial charge in [0.25, 0.3) is 0 Å². The third-order valence-electron chi connectivity index (χ3n) is 4.32. The Hall–Kier alpha value is -2.66. The summed E-state index contributed by atoms with van der Waals surface area (Å²) in [5.74, 6) is 0. The average molecular weight is 369 g/mol. The maximum Gasteiger partial charge on any atom is 0.407 e. The standard InChI is InChI=1S/C17H17NO2.C5H10O2/c19-17(20-12-13-6-2-1-3-7-13)18-16-10-14-8-4-5-9-15(14)11-16;6-4-2-1-3-5-7/h1-9,16H,10-12H2,(H,18,19);4,7H,1-3,5H2. The van der Waals surface area contributed by atoms with E-state index in [9.17, 15) is 9.59 Å². The van der Waals surface area contributed by atoms with Crippen LogP contribution in [0.3, 0.4) is 0 Å². The van der Waals surface area contributed by atoms with Gasteiger partial charge in [-0.05, 0) is 42.4 Å². The van der Waals surface area contributed by atoms with Gasteiger partial charge in [0, 0.05) is 19.1 Å². The molecular formula is C22H27NO4. The molecule has 0 aromatic heterocycles. The summed E-state index contributed by atoms with van der Waals surface area (Å²) in [6.45, 7) is 0.514. The number of hydrogen-bond acceptors (Lipinski definition) is 4. The number of alkyl carbamates (subject to hydrolysis) is 1. The average Bonchev–Trinajstić information content (AvgIpc) is 3.10.